The number of hydrogen-bond acceptors (Lipinski definition) is 25. The van der Waals surface area contributed by atoms with Crippen LogP contribution in [0.15, 0.2) is 147 Å². The van der Waals surface area contributed by atoms with E-state index in [-0.39, 0.29) is 67.1 Å². The van der Waals surface area contributed by atoms with E-state index < -0.39 is 57.8 Å². The topological polar surface area (TPSA) is 394 Å². The summed E-state index contributed by atoms with van der Waals surface area (Å²) in [5.41, 5.74) is 19.4. The minimum atomic E-state index is -5.09. The van der Waals surface area contributed by atoms with Crippen LogP contribution in [0, 0.1) is 6.92 Å². The van der Waals surface area contributed by atoms with E-state index >= 15 is 0 Å². The normalized spacial score (nSPS) is 12.5. The standard InChI is InChI=1S/C37H34N10O15S5/c1-20-16-30(29(39)19-28(20)38)44-41-22-2-4-25(5-3-22)47-66(53,54)27-12-8-24(9-13-27)43-46-36-32(67(55,56)57)18-21-17-31(63-61-59-49)35(37(48)33(21)34(36)40)45-42-23-6-10-26(11-7-23)65(51,52)15-14-58-64-62-60-50/h2-13,16-19,47-50H,14-15,38-40H2,1H3,(H,55,56,57)/b44-41+,45-42+,46-43+. The number of hydrogen-bond donors (Lipinski definition) is 8. The lowest BCUT2D eigenvalue weighted by Crippen LogP contribution is -2.12. The van der Waals surface area contributed by atoms with Crippen LogP contribution in [0.25, 0.3) is 10.8 Å². The van der Waals surface area contributed by atoms with Crippen molar-refractivity contribution in [1.29, 1.82) is 0 Å². The fourth-order valence-corrected chi connectivity index (χ4v) is 9.35. The van der Waals surface area contributed by atoms with Crippen LogP contribution >= 0.6 is 24.4 Å². The molecule has 0 aromatic heterocycles. The molecule has 0 fully saturated rings. The first-order valence-electron chi connectivity index (χ1n) is 18.3. The summed E-state index contributed by atoms with van der Waals surface area (Å²) in [6.45, 7) is 1.47. The number of rotatable bonds is 20. The Bertz CT molecular complexity index is 3220. The van der Waals surface area contributed by atoms with Crippen LogP contribution in [-0.4, -0.2) is 57.8 Å². The summed E-state index contributed by atoms with van der Waals surface area (Å²) in [5, 5.41) is 59.3. The highest BCUT2D eigenvalue weighted by molar-refractivity contribution is 7.94. The first-order valence-corrected chi connectivity index (χ1v) is 24.3. The molecule has 0 aliphatic carbocycles. The van der Waals surface area contributed by atoms with Crippen LogP contribution in [-0.2, 0) is 52.9 Å². The van der Waals surface area contributed by atoms with Crippen molar-refractivity contribution in [2.24, 2.45) is 30.7 Å². The summed E-state index contributed by atoms with van der Waals surface area (Å²) in [5.74, 6) is -1.20. The molecule has 6 aromatic rings. The zero-order valence-electron chi connectivity index (χ0n) is 33.9. The summed E-state index contributed by atoms with van der Waals surface area (Å²) in [7, 11) is -13.1. The third kappa shape index (κ3) is 12.5. The van der Waals surface area contributed by atoms with Gasteiger partial charge in [-0.15, -0.1) is 24.0 Å². The van der Waals surface area contributed by atoms with Crippen molar-refractivity contribution in [2.45, 2.75) is 26.5 Å². The molecule has 0 heterocycles. The van der Waals surface area contributed by atoms with Gasteiger partial charge in [-0.1, -0.05) is 10.1 Å². The fourth-order valence-electron chi connectivity index (χ4n) is 5.71. The van der Waals surface area contributed by atoms with Gasteiger partial charge in [-0.3, -0.25) is 13.5 Å². The maximum Gasteiger partial charge on any atom is 0.296 e. The van der Waals surface area contributed by atoms with Crippen LogP contribution in [0.2, 0.25) is 0 Å². The Morgan fingerprint density at radius 1 is 0.672 bits per heavy atom. The Morgan fingerprint density at radius 3 is 1.84 bits per heavy atom. The predicted molar refractivity (Wildman–Crippen MR) is 244 cm³/mol. The molecule has 0 saturated carbocycles. The van der Waals surface area contributed by atoms with E-state index in [0.29, 0.717) is 34.8 Å². The van der Waals surface area contributed by atoms with Crippen molar-refractivity contribution in [1.82, 2.24) is 0 Å². The van der Waals surface area contributed by atoms with Gasteiger partial charge in [0.1, 0.15) is 22.0 Å². The molecule has 0 spiro atoms. The van der Waals surface area contributed by atoms with Crippen LogP contribution in [0.3, 0.4) is 0 Å². The Balaban J connectivity index is 1.24. The molecule has 0 bridgehead atoms. The number of fused-ring (bicyclic) bond motifs is 1. The quantitative estimate of drug-likeness (QED) is 0.00671. The number of phenols is 1. The fraction of sp³-hybridized carbons (Fsp3) is 0.0811. The largest absolute Gasteiger partial charge is 0.505 e. The molecule has 30 heteroatoms. The molecular weight excluding hydrogens is 985 g/mol. The Kier molecular flexibility index (Phi) is 16.0. The number of phenolic OH excluding ortho intramolecular Hbond substituents is 1. The molecule has 6 rings (SSSR count). The number of azo groups is 3. The van der Waals surface area contributed by atoms with Gasteiger partial charge in [-0.2, -0.15) is 23.8 Å². The van der Waals surface area contributed by atoms with Gasteiger partial charge < -0.3 is 22.3 Å². The van der Waals surface area contributed by atoms with Crippen molar-refractivity contribution >= 4 is 122 Å². The van der Waals surface area contributed by atoms with Gasteiger partial charge in [0.05, 0.1) is 72.9 Å². The van der Waals surface area contributed by atoms with E-state index in [4.69, 9.17) is 31.9 Å². The zero-order valence-corrected chi connectivity index (χ0v) is 38.0. The summed E-state index contributed by atoms with van der Waals surface area (Å²) in [6.07, 6.45) is 0. The molecule has 0 aliphatic rings. The Hall–Kier alpha value is -6.39. The second-order valence-corrected chi connectivity index (χ2v) is 19.8. The molecule has 67 heavy (non-hydrogen) atoms. The number of aromatic hydroxyl groups is 1. The minimum absolute atomic E-state index is 0.00639. The molecule has 0 amide bonds. The van der Waals surface area contributed by atoms with E-state index in [9.17, 15) is 34.9 Å². The molecule has 0 saturated heterocycles. The van der Waals surface area contributed by atoms with Crippen LogP contribution in [0.5, 0.6) is 5.75 Å². The summed E-state index contributed by atoms with van der Waals surface area (Å²) in [6, 6.07) is 21.3. The molecule has 0 atom stereocenters. The van der Waals surface area contributed by atoms with E-state index in [1.807, 2.05) is 0 Å². The number of nitrogens with zero attached hydrogens (tertiary/aromatic N) is 6. The van der Waals surface area contributed by atoms with Crippen molar-refractivity contribution < 1.29 is 68.4 Å². The average Bonchev–Trinajstić information content (AvgIpc) is 3.28. The third-order valence-electron chi connectivity index (χ3n) is 8.97. The predicted octanol–water partition coefficient (Wildman–Crippen LogP) is 9.10. The van der Waals surface area contributed by atoms with Crippen molar-refractivity contribution in [2.75, 3.05) is 34.3 Å². The average molecular weight is 1020 g/mol. The number of aryl methyl sites for hydroxylation is 1. The molecule has 352 valence electrons. The minimum Gasteiger partial charge on any atom is -0.505 e. The lowest BCUT2D eigenvalue weighted by molar-refractivity contribution is -0.434. The molecular formula is C37H34N10O15S5. The maximum atomic E-state index is 13.2. The number of nitrogen functional groups attached to an aromatic ring is 3. The Morgan fingerprint density at radius 2 is 1.24 bits per heavy atom. The van der Waals surface area contributed by atoms with E-state index in [0.717, 1.165) is 11.6 Å². The lowest BCUT2D eigenvalue weighted by atomic mass is 10.1. The molecule has 6 aromatic carbocycles. The van der Waals surface area contributed by atoms with Gasteiger partial charge >= 0.3 is 0 Å². The highest BCUT2D eigenvalue weighted by atomic mass is 32.2. The van der Waals surface area contributed by atoms with Crippen LogP contribution in [0.4, 0.5) is 56.9 Å². The highest BCUT2D eigenvalue weighted by Crippen LogP contribution is 2.49. The Labute approximate surface area is 388 Å². The first kappa shape index (κ1) is 50.0. The molecule has 11 N–H and O–H groups in total. The lowest BCUT2D eigenvalue weighted by Gasteiger charge is -2.14. The molecule has 0 radical (unpaired) electrons. The zero-order chi connectivity index (χ0) is 48.5. The smallest absolute Gasteiger partial charge is 0.296 e. The SMILES string of the molecule is Cc1cc(/N=N/c2ccc(NS(=O)(=O)c3ccc(/N=N/c4c(S(=O)(=O)O)cc5cc(SOOO)c(/N=N/c6ccc(S(=O)(=O)CCOSOOO)cc6)c(O)c5c4N)cc3)cc2)c(N)cc1N. The number of benzene rings is 6. The number of sulfonamides is 1. The third-order valence-corrected chi connectivity index (χ3v) is 13.9. The molecule has 25 nitrogen and oxygen atoms in total. The van der Waals surface area contributed by atoms with E-state index in [1.165, 1.54) is 78.9 Å². The van der Waals surface area contributed by atoms with Gasteiger partial charge in [-0.25, -0.2) is 27.4 Å². The van der Waals surface area contributed by atoms with Gasteiger partial charge in [0.15, 0.2) is 27.9 Å². The molecule has 0 aliphatic heterocycles. The first-order chi connectivity index (χ1) is 31.8. The van der Waals surface area contributed by atoms with Gasteiger partial charge in [0, 0.05) is 11.4 Å². The number of sulfone groups is 1. The van der Waals surface area contributed by atoms with Gasteiger partial charge in [0.25, 0.3) is 20.1 Å². The van der Waals surface area contributed by atoms with E-state index in [1.54, 1.807) is 19.1 Å². The summed E-state index contributed by atoms with van der Waals surface area (Å²) >= 11 is 0.513. The highest BCUT2D eigenvalue weighted by Gasteiger charge is 2.26. The van der Waals surface area contributed by atoms with Crippen LogP contribution in [0.1, 0.15) is 5.56 Å². The van der Waals surface area contributed by atoms with Crippen LogP contribution < -0.4 is 21.9 Å². The summed E-state index contributed by atoms with van der Waals surface area (Å²) in [4.78, 5) is -1.28. The van der Waals surface area contributed by atoms with Crippen molar-refractivity contribution in [3.8, 4) is 5.75 Å². The molecule has 0 unspecified atom stereocenters. The second-order valence-electron chi connectivity index (χ2n) is 13.4. The number of nitrogens with one attached hydrogen (secondary N) is 1. The van der Waals surface area contributed by atoms with E-state index in [2.05, 4.69) is 54.2 Å². The second kappa shape index (κ2) is 21.5. The number of nitrogens with two attached hydrogens (primary N) is 3. The van der Waals surface area contributed by atoms with Crippen molar-refractivity contribution in [3.05, 3.63) is 103 Å². The monoisotopic (exact) mass is 1020 g/mol. The van der Waals surface area contributed by atoms with Crippen molar-refractivity contribution in [3.63, 3.8) is 0 Å². The van der Waals surface area contributed by atoms with Gasteiger partial charge in [-0.05, 0) is 115 Å². The van der Waals surface area contributed by atoms with Gasteiger partial charge in [0.2, 0.25) is 0 Å². The number of anilines is 4. The summed E-state index contributed by atoms with van der Waals surface area (Å²) < 4.78 is 103. The maximum absolute atomic E-state index is 13.2.